The maximum absolute atomic E-state index is 12.1. The molecule has 0 bridgehead atoms. The van der Waals surface area contributed by atoms with E-state index in [2.05, 4.69) is 16.4 Å². The van der Waals surface area contributed by atoms with Crippen LogP contribution in [0.5, 0.6) is 0 Å². The van der Waals surface area contributed by atoms with E-state index < -0.39 is 9.84 Å². The van der Waals surface area contributed by atoms with Crippen LogP contribution in [0.25, 0.3) is 10.9 Å². The fourth-order valence-electron chi connectivity index (χ4n) is 2.75. The number of anilines is 1. The molecule has 7 heteroatoms. The van der Waals surface area contributed by atoms with Crippen LogP contribution in [-0.2, 0) is 16.3 Å². The van der Waals surface area contributed by atoms with Crippen LogP contribution in [0.1, 0.15) is 18.1 Å². The smallest absolute Gasteiger partial charge is 0.179 e. The van der Waals surface area contributed by atoms with Crippen LogP contribution in [0.3, 0.4) is 0 Å². The summed E-state index contributed by atoms with van der Waals surface area (Å²) < 4.78 is 24.2. The lowest BCUT2D eigenvalue weighted by Crippen LogP contribution is -2.20. The van der Waals surface area contributed by atoms with E-state index >= 15 is 0 Å². The topological polar surface area (TPSA) is 103 Å². The first-order valence-corrected chi connectivity index (χ1v) is 8.58. The Morgan fingerprint density at radius 1 is 1.50 bits per heavy atom. The van der Waals surface area contributed by atoms with E-state index in [1.54, 1.807) is 19.1 Å². The lowest BCUT2D eigenvalue weighted by molar-refractivity contribution is 0.281. The molecule has 3 rings (SSSR count). The van der Waals surface area contributed by atoms with Crippen LogP contribution in [0.2, 0.25) is 0 Å². The molecule has 0 fully saturated rings. The van der Waals surface area contributed by atoms with E-state index in [9.17, 15) is 18.8 Å². The molecule has 0 spiro atoms. The number of benzene rings is 1. The Morgan fingerprint density at radius 3 is 2.95 bits per heavy atom. The molecule has 2 aromatic rings. The molecule has 1 aromatic carbocycles. The van der Waals surface area contributed by atoms with Crippen LogP contribution in [0.4, 0.5) is 5.69 Å². The minimum absolute atomic E-state index is 0.0766. The number of sulfone groups is 1. The highest BCUT2D eigenvalue weighted by molar-refractivity contribution is 7.91. The molecule has 1 aromatic heterocycles. The van der Waals surface area contributed by atoms with Crippen LogP contribution in [-0.4, -0.2) is 36.9 Å². The molecular weight excluding hydrogens is 302 g/mol. The molecule has 0 unspecified atom stereocenters. The van der Waals surface area contributed by atoms with E-state index in [1.165, 1.54) is 6.20 Å². The first kappa shape index (κ1) is 14.8. The second-order valence-electron chi connectivity index (χ2n) is 5.39. The summed E-state index contributed by atoms with van der Waals surface area (Å²) in [6.45, 7) is 1.69. The lowest BCUT2D eigenvalue weighted by atomic mass is 10.0. The zero-order chi connectivity index (χ0) is 15.9. The van der Waals surface area contributed by atoms with Gasteiger partial charge in [0.15, 0.2) is 9.84 Å². The second kappa shape index (κ2) is 5.23. The number of pyridine rings is 1. The van der Waals surface area contributed by atoms with Gasteiger partial charge in [-0.25, -0.2) is 8.42 Å². The normalized spacial score (nSPS) is 17.0. The minimum atomic E-state index is -3.26. The third-order valence-electron chi connectivity index (χ3n) is 3.84. The van der Waals surface area contributed by atoms with Gasteiger partial charge in [0, 0.05) is 17.6 Å². The Morgan fingerprint density at radius 2 is 2.27 bits per heavy atom. The van der Waals surface area contributed by atoms with Crippen molar-refractivity contribution in [2.24, 2.45) is 0 Å². The average Bonchev–Trinajstić information content (AvgIpc) is 2.82. The number of nitriles is 1. The van der Waals surface area contributed by atoms with Gasteiger partial charge in [-0.2, -0.15) is 5.26 Å². The summed E-state index contributed by atoms with van der Waals surface area (Å²) in [5.74, 6) is 0.0766. The third-order valence-corrected chi connectivity index (χ3v) is 5.64. The highest BCUT2D eigenvalue weighted by atomic mass is 32.2. The third kappa shape index (κ3) is 2.21. The molecule has 0 aliphatic carbocycles. The van der Waals surface area contributed by atoms with Crippen molar-refractivity contribution in [1.82, 2.24) is 4.98 Å². The van der Waals surface area contributed by atoms with E-state index in [4.69, 9.17) is 0 Å². The lowest BCUT2D eigenvalue weighted by Gasteiger charge is -2.17. The summed E-state index contributed by atoms with van der Waals surface area (Å²) in [5.41, 5.74) is 2.23. The van der Waals surface area contributed by atoms with Crippen LogP contribution in [0.15, 0.2) is 23.2 Å². The molecule has 0 saturated heterocycles. The summed E-state index contributed by atoms with van der Waals surface area (Å²) in [6, 6.07) is 5.06. The number of aliphatic hydroxyl groups is 1. The zero-order valence-electron chi connectivity index (χ0n) is 12.0. The fraction of sp³-hybridized carbons (Fsp3) is 0.333. The second-order valence-corrected chi connectivity index (χ2v) is 7.47. The molecule has 114 valence electrons. The fourth-order valence-corrected chi connectivity index (χ4v) is 4.30. The molecule has 22 heavy (non-hydrogen) atoms. The summed E-state index contributed by atoms with van der Waals surface area (Å²) in [5, 5.41) is 22.3. The van der Waals surface area contributed by atoms with Crippen LogP contribution >= 0.6 is 0 Å². The average molecular weight is 317 g/mol. The maximum atomic E-state index is 12.1. The molecule has 0 radical (unpaired) electrons. The first-order valence-electron chi connectivity index (χ1n) is 6.92. The predicted octanol–water partition coefficient (Wildman–Crippen LogP) is 1.23. The number of rotatable bonds is 3. The molecule has 2 heterocycles. The monoisotopic (exact) mass is 317 g/mol. The van der Waals surface area contributed by atoms with E-state index in [0.717, 1.165) is 0 Å². The van der Waals surface area contributed by atoms with Gasteiger partial charge in [-0.05, 0) is 31.0 Å². The highest BCUT2D eigenvalue weighted by Gasteiger charge is 2.29. The van der Waals surface area contributed by atoms with Crippen molar-refractivity contribution in [2.45, 2.75) is 24.3 Å². The number of aromatic nitrogens is 1. The predicted molar refractivity (Wildman–Crippen MR) is 82.4 cm³/mol. The molecule has 1 aliphatic heterocycles. The number of hydrogen-bond donors (Lipinski definition) is 2. The molecule has 0 amide bonds. The highest BCUT2D eigenvalue weighted by Crippen LogP contribution is 2.37. The molecular formula is C15H15N3O3S. The SMILES string of the molecule is C[C@@H](CO)Nc1c(C#N)cnc2ccc3c(c12)CCS3(=O)=O. The maximum Gasteiger partial charge on any atom is 0.179 e. The van der Waals surface area contributed by atoms with Gasteiger partial charge in [0.25, 0.3) is 0 Å². The Hall–Kier alpha value is -2.17. The first-order chi connectivity index (χ1) is 10.5. The van der Waals surface area contributed by atoms with Gasteiger partial charge in [-0.3, -0.25) is 4.98 Å². The molecule has 1 aliphatic rings. The van der Waals surface area contributed by atoms with Crippen molar-refractivity contribution < 1.29 is 13.5 Å². The quantitative estimate of drug-likeness (QED) is 0.882. The number of aryl methyl sites for hydroxylation is 1. The number of hydrogen-bond acceptors (Lipinski definition) is 6. The molecule has 2 N–H and O–H groups in total. The Labute approximate surface area is 128 Å². The van der Waals surface area contributed by atoms with Crippen molar-refractivity contribution in [1.29, 1.82) is 5.26 Å². The van der Waals surface area contributed by atoms with Crippen molar-refractivity contribution in [3.05, 3.63) is 29.5 Å². The minimum Gasteiger partial charge on any atom is -0.394 e. The number of fused-ring (bicyclic) bond motifs is 3. The number of nitrogens with zero attached hydrogens (tertiary/aromatic N) is 2. The largest absolute Gasteiger partial charge is 0.394 e. The van der Waals surface area contributed by atoms with Crippen molar-refractivity contribution >= 4 is 26.4 Å². The van der Waals surface area contributed by atoms with E-state index in [-0.39, 0.29) is 18.4 Å². The van der Waals surface area contributed by atoms with Gasteiger partial charge in [0.1, 0.15) is 6.07 Å². The van der Waals surface area contributed by atoms with E-state index in [1.807, 2.05) is 0 Å². The Bertz CT molecular complexity index is 900. The molecule has 6 nitrogen and oxygen atoms in total. The Kier molecular flexibility index (Phi) is 3.51. The van der Waals surface area contributed by atoms with Gasteiger partial charge in [-0.1, -0.05) is 0 Å². The molecule has 1 atom stereocenters. The summed E-state index contributed by atoms with van der Waals surface area (Å²) >= 11 is 0. The summed E-state index contributed by atoms with van der Waals surface area (Å²) in [4.78, 5) is 4.57. The number of aliphatic hydroxyl groups excluding tert-OH is 1. The van der Waals surface area contributed by atoms with E-state index in [0.29, 0.717) is 39.0 Å². The van der Waals surface area contributed by atoms with Gasteiger partial charge in [0.05, 0.1) is 34.0 Å². The van der Waals surface area contributed by atoms with Gasteiger partial charge < -0.3 is 10.4 Å². The number of nitrogens with one attached hydrogen (secondary N) is 1. The van der Waals surface area contributed by atoms with Crippen LogP contribution in [0, 0.1) is 11.3 Å². The van der Waals surface area contributed by atoms with Gasteiger partial charge in [0.2, 0.25) is 0 Å². The van der Waals surface area contributed by atoms with Gasteiger partial charge in [-0.15, -0.1) is 0 Å². The van der Waals surface area contributed by atoms with Crippen molar-refractivity contribution in [3.63, 3.8) is 0 Å². The summed E-state index contributed by atoms with van der Waals surface area (Å²) in [7, 11) is -3.26. The standard InChI is InChI=1S/C15H15N3O3S/c1-9(8-19)18-15-10(6-16)7-17-12-2-3-13-11(14(12)15)4-5-22(13,20)21/h2-3,7,9,19H,4-5,8H2,1H3,(H,17,18)/t9-/m0/s1. The summed E-state index contributed by atoms with van der Waals surface area (Å²) in [6.07, 6.45) is 1.87. The van der Waals surface area contributed by atoms with Crippen molar-refractivity contribution in [3.8, 4) is 6.07 Å². The van der Waals surface area contributed by atoms with Crippen molar-refractivity contribution in [2.75, 3.05) is 17.7 Å². The zero-order valence-corrected chi connectivity index (χ0v) is 12.8. The Balaban J connectivity index is 2.36. The van der Waals surface area contributed by atoms with Gasteiger partial charge >= 0.3 is 0 Å². The van der Waals surface area contributed by atoms with Crippen LogP contribution < -0.4 is 5.32 Å². The molecule has 0 saturated carbocycles.